The Bertz CT molecular complexity index is 1550. The second-order valence-corrected chi connectivity index (χ2v) is 13.2. The van der Waals surface area contributed by atoms with Crippen LogP contribution in [-0.4, -0.2) is 0 Å². The quantitative estimate of drug-likeness (QED) is 0.210. The first kappa shape index (κ1) is 36.8. The predicted octanol–water partition coefficient (Wildman–Crippen LogP) is 5.01. The van der Waals surface area contributed by atoms with Gasteiger partial charge in [0.25, 0.3) is 0 Å². The molecule has 0 nitrogen and oxygen atoms in total. The fourth-order valence-electron chi connectivity index (χ4n) is 5.42. The standard InChI is InChI=1S/C18H14.C13H9.C5H5.4ClH.2Zr/c1-3-7-15-13(5-1)9-11-17(15)18-12-10-14-6-2-4-8-16(14)18;1-3-7-12-10(5-1)9-11-6-2-4-8-13(11)12;1-2-4-5-3-1;;;;;;/h1-12,17-18H;1-9H;1-3H,4H2;4*1H;;/q;2*-1;;;;;+2;+3/p-4. The fraction of sp³-hybridized carbons (Fsp3) is 0.0833. The summed E-state index contributed by atoms with van der Waals surface area (Å²) < 4.78 is 0. The van der Waals surface area contributed by atoms with Gasteiger partial charge in [-0.15, -0.1) is 46.2 Å². The number of hydrogen-bond acceptors (Lipinski definition) is 0. The van der Waals surface area contributed by atoms with E-state index in [-0.39, 0.29) is 51.0 Å². The molecule has 3 aliphatic carbocycles. The summed E-state index contributed by atoms with van der Waals surface area (Å²) in [6.07, 6.45) is 19.2. The molecule has 0 N–H and O–H groups in total. The first-order valence-electron chi connectivity index (χ1n) is 13.1. The third-order valence-corrected chi connectivity index (χ3v) is 7.17. The first-order valence-corrected chi connectivity index (χ1v) is 19.4. The minimum absolute atomic E-state index is 0. The van der Waals surface area contributed by atoms with Gasteiger partial charge in [0.2, 0.25) is 0 Å². The summed E-state index contributed by atoms with van der Waals surface area (Å²) in [5.74, 6) is 1.00. The molecule has 2 atom stereocenters. The molecule has 0 bridgehead atoms. The number of fused-ring (bicyclic) bond motifs is 5. The van der Waals surface area contributed by atoms with Gasteiger partial charge in [-0.05, 0) is 22.3 Å². The fourth-order valence-corrected chi connectivity index (χ4v) is 5.42. The molecule has 0 spiro atoms. The summed E-state index contributed by atoms with van der Waals surface area (Å²) in [4.78, 5) is 0. The van der Waals surface area contributed by atoms with Crippen LogP contribution in [0, 0.1) is 6.08 Å². The zero-order valence-corrected chi connectivity index (χ0v) is 30.7. The second-order valence-electron chi connectivity index (χ2n) is 9.42. The molecule has 0 amide bonds. The molecule has 209 valence electrons. The SMILES string of the molecule is C1=CC(C2C=Cc3ccccc32)c2ccccc21.[C-]1=CC=CC1.[Cl-].[Cl-].[Cl][Zr][Cl].[Zr+3].c1ccc2c(c1)[cH-]c1ccccc12. The van der Waals surface area contributed by atoms with Crippen LogP contribution in [0.2, 0.25) is 0 Å². The maximum Gasteiger partial charge on any atom is 3.00 e. The van der Waals surface area contributed by atoms with E-state index in [1.54, 1.807) is 0 Å². The van der Waals surface area contributed by atoms with E-state index in [9.17, 15) is 0 Å². The van der Waals surface area contributed by atoms with Crippen LogP contribution in [0.25, 0.3) is 33.7 Å². The summed E-state index contributed by atoms with van der Waals surface area (Å²) in [5, 5.41) is 5.39. The molecular weight excluding hydrogens is 757 g/mol. The van der Waals surface area contributed by atoms with Gasteiger partial charge >= 0.3 is 64.1 Å². The van der Waals surface area contributed by atoms with Crippen LogP contribution >= 0.6 is 17.0 Å². The minimum Gasteiger partial charge on any atom is -0.126 e. The van der Waals surface area contributed by atoms with Gasteiger partial charge in [0, 0.05) is 11.8 Å². The Hall–Kier alpha value is -1.36. The summed E-state index contributed by atoms with van der Waals surface area (Å²) in [6, 6.07) is 36.7. The Morgan fingerprint density at radius 1 is 0.643 bits per heavy atom. The third kappa shape index (κ3) is 9.08. The maximum absolute atomic E-state index is 4.93. The Morgan fingerprint density at radius 2 is 1.07 bits per heavy atom. The van der Waals surface area contributed by atoms with Crippen LogP contribution in [0.15, 0.2) is 134 Å². The van der Waals surface area contributed by atoms with E-state index in [0.717, 1.165) is 6.42 Å². The zero-order valence-electron chi connectivity index (χ0n) is 22.7. The number of allylic oxidation sites excluding steroid dienone is 6. The number of benzene rings is 4. The molecule has 3 aliphatic rings. The molecular formula is C36H28Cl4Zr2-. The summed E-state index contributed by atoms with van der Waals surface area (Å²) >= 11 is -0.826. The van der Waals surface area contributed by atoms with E-state index in [1.165, 1.54) is 43.8 Å². The molecule has 8 rings (SSSR count). The van der Waals surface area contributed by atoms with Crippen molar-refractivity contribution in [3.8, 4) is 0 Å². The molecule has 0 saturated heterocycles. The molecule has 0 aliphatic heterocycles. The largest absolute Gasteiger partial charge is 3.00 e. The monoisotopic (exact) mass is 780 g/mol. The molecule has 5 aromatic rings. The van der Waals surface area contributed by atoms with Gasteiger partial charge in [-0.1, -0.05) is 109 Å². The van der Waals surface area contributed by atoms with Crippen molar-refractivity contribution < 1.29 is 71.9 Å². The van der Waals surface area contributed by atoms with Crippen LogP contribution in [-0.2, 0) is 47.1 Å². The smallest absolute Gasteiger partial charge is 0.126 e. The average molecular weight is 785 g/mol. The van der Waals surface area contributed by atoms with Gasteiger partial charge in [0.15, 0.2) is 0 Å². The van der Waals surface area contributed by atoms with Crippen LogP contribution in [0.3, 0.4) is 0 Å². The Labute approximate surface area is 299 Å². The number of halogens is 4. The van der Waals surface area contributed by atoms with Crippen LogP contribution in [0.5, 0.6) is 0 Å². The summed E-state index contributed by atoms with van der Waals surface area (Å²) in [7, 11) is 9.87. The van der Waals surface area contributed by atoms with Gasteiger partial charge < -0.3 is 24.8 Å². The Morgan fingerprint density at radius 3 is 1.48 bits per heavy atom. The van der Waals surface area contributed by atoms with E-state index in [4.69, 9.17) is 17.0 Å². The van der Waals surface area contributed by atoms with Crippen molar-refractivity contribution in [3.05, 3.63) is 162 Å². The van der Waals surface area contributed by atoms with Crippen molar-refractivity contribution in [3.63, 3.8) is 0 Å². The van der Waals surface area contributed by atoms with Gasteiger partial charge in [-0.2, -0.15) is 6.08 Å². The molecule has 1 radical (unpaired) electrons. The van der Waals surface area contributed by atoms with Crippen LogP contribution in [0.1, 0.15) is 40.5 Å². The van der Waals surface area contributed by atoms with E-state index in [0.29, 0.717) is 11.8 Å². The molecule has 6 heteroatoms. The van der Waals surface area contributed by atoms with Crippen LogP contribution < -0.4 is 24.8 Å². The van der Waals surface area contributed by atoms with Gasteiger partial charge in [0.05, 0.1) is 0 Å². The van der Waals surface area contributed by atoms with Crippen LogP contribution in [0.4, 0.5) is 0 Å². The van der Waals surface area contributed by atoms with Crippen molar-refractivity contribution in [1.82, 2.24) is 0 Å². The van der Waals surface area contributed by atoms with Crippen molar-refractivity contribution in [2.24, 2.45) is 0 Å². The third-order valence-electron chi connectivity index (χ3n) is 7.17. The predicted molar refractivity (Wildman–Crippen MR) is 167 cm³/mol. The molecule has 42 heavy (non-hydrogen) atoms. The molecule has 0 aromatic heterocycles. The van der Waals surface area contributed by atoms with Gasteiger partial charge in [-0.3, -0.25) is 6.08 Å². The van der Waals surface area contributed by atoms with Gasteiger partial charge in [0.1, 0.15) is 0 Å². The van der Waals surface area contributed by atoms with Crippen molar-refractivity contribution in [2.75, 3.05) is 0 Å². The topological polar surface area (TPSA) is 0 Å². The van der Waals surface area contributed by atoms with Crippen molar-refractivity contribution in [2.45, 2.75) is 18.3 Å². The van der Waals surface area contributed by atoms with E-state index in [1.807, 2.05) is 12.2 Å². The second kappa shape index (κ2) is 19.1. The maximum atomic E-state index is 4.93. The number of hydrogen-bond donors (Lipinski definition) is 0. The van der Waals surface area contributed by atoms with E-state index in [2.05, 4.69) is 140 Å². The molecule has 0 saturated carbocycles. The van der Waals surface area contributed by atoms with Crippen molar-refractivity contribution >= 4 is 50.7 Å². The minimum atomic E-state index is -0.826. The first-order chi connectivity index (χ1) is 19.3. The Kier molecular flexibility index (Phi) is 16.8. The van der Waals surface area contributed by atoms with Gasteiger partial charge in [-0.25, -0.2) is 12.2 Å². The molecule has 2 unspecified atom stereocenters. The molecule has 0 fully saturated rings. The molecule has 5 aromatic carbocycles. The summed E-state index contributed by atoms with van der Waals surface area (Å²) in [5.41, 5.74) is 5.67. The van der Waals surface area contributed by atoms with E-state index < -0.39 is 20.8 Å². The molecule has 0 heterocycles. The normalized spacial score (nSPS) is 15.8. The number of rotatable bonds is 1. The van der Waals surface area contributed by atoms with E-state index >= 15 is 0 Å². The van der Waals surface area contributed by atoms with Crippen molar-refractivity contribution in [1.29, 1.82) is 0 Å². The average Bonchev–Trinajstić information content (AvgIpc) is 3.80. The summed E-state index contributed by atoms with van der Waals surface area (Å²) in [6.45, 7) is 0. The zero-order chi connectivity index (χ0) is 26.9. The Balaban J connectivity index is 0.000000226.